The van der Waals surface area contributed by atoms with Crippen molar-refractivity contribution in [3.05, 3.63) is 70.8 Å². The molecule has 5 nitrogen and oxygen atoms in total. The van der Waals surface area contributed by atoms with Crippen LogP contribution in [0.25, 0.3) is 0 Å². The lowest BCUT2D eigenvalue weighted by Gasteiger charge is -2.51. The molecule has 4 rings (SSSR count). The zero-order valence-corrected chi connectivity index (χ0v) is 16.8. The molecular weight excluding hydrogens is 392 g/mol. The van der Waals surface area contributed by atoms with Gasteiger partial charge in [-0.25, -0.2) is 13.6 Å². The van der Waals surface area contributed by atoms with Crippen molar-refractivity contribution in [3.8, 4) is 0 Å². The number of benzene rings is 2. The van der Waals surface area contributed by atoms with E-state index in [9.17, 15) is 18.7 Å². The van der Waals surface area contributed by atoms with Crippen LogP contribution in [0.3, 0.4) is 0 Å². The molecule has 0 radical (unpaired) electrons. The number of aliphatic hydroxyl groups is 1. The molecule has 1 amide bonds. The van der Waals surface area contributed by atoms with E-state index in [0.717, 1.165) is 5.56 Å². The Kier molecular flexibility index (Phi) is 5.75. The first-order valence-electron chi connectivity index (χ1n) is 10.1. The van der Waals surface area contributed by atoms with E-state index in [2.05, 4.69) is 0 Å². The van der Waals surface area contributed by atoms with Gasteiger partial charge in [-0.2, -0.15) is 0 Å². The number of hydrogen-bond donors (Lipinski definition) is 1. The topological polar surface area (TPSA) is 59.0 Å². The van der Waals surface area contributed by atoms with E-state index in [-0.39, 0.29) is 62.3 Å². The van der Waals surface area contributed by atoms with Gasteiger partial charge in [-0.15, -0.1) is 0 Å². The first kappa shape index (κ1) is 20.8. The molecule has 0 aliphatic carbocycles. The number of halogens is 2. The normalized spacial score (nSPS) is 25.8. The molecule has 2 saturated heterocycles. The summed E-state index contributed by atoms with van der Waals surface area (Å²) < 4.78 is 39.4. The zero-order chi connectivity index (χ0) is 21.3. The molecule has 7 heteroatoms. The summed E-state index contributed by atoms with van der Waals surface area (Å²) >= 11 is 0. The van der Waals surface area contributed by atoms with Gasteiger partial charge >= 0.3 is 6.09 Å². The Labute approximate surface area is 174 Å². The predicted octanol–water partition coefficient (Wildman–Crippen LogP) is 3.75. The summed E-state index contributed by atoms with van der Waals surface area (Å²) in [7, 11) is 0. The van der Waals surface area contributed by atoms with Crippen LogP contribution in [0.4, 0.5) is 13.6 Å². The molecule has 30 heavy (non-hydrogen) atoms. The Morgan fingerprint density at radius 1 is 1.13 bits per heavy atom. The number of ether oxygens (including phenoxy) is 2. The Morgan fingerprint density at radius 2 is 1.80 bits per heavy atom. The second-order valence-corrected chi connectivity index (χ2v) is 8.27. The fourth-order valence-corrected chi connectivity index (χ4v) is 4.49. The molecule has 160 valence electrons. The summed E-state index contributed by atoms with van der Waals surface area (Å²) in [5.74, 6) is -1.81. The highest BCUT2D eigenvalue weighted by Gasteiger charge is 2.48. The third-order valence-corrected chi connectivity index (χ3v) is 5.93. The van der Waals surface area contributed by atoms with Gasteiger partial charge in [0.1, 0.15) is 6.61 Å². The van der Waals surface area contributed by atoms with Crippen LogP contribution in [0.2, 0.25) is 0 Å². The maximum Gasteiger partial charge on any atom is 0.410 e. The number of amides is 1. The largest absolute Gasteiger partial charge is 0.445 e. The summed E-state index contributed by atoms with van der Waals surface area (Å²) in [4.78, 5) is 14.4. The van der Waals surface area contributed by atoms with Crippen LogP contribution in [0.5, 0.6) is 0 Å². The van der Waals surface area contributed by atoms with Gasteiger partial charge in [-0.1, -0.05) is 42.5 Å². The molecule has 2 aliphatic heterocycles. The molecule has 2 aliphatic rings. The molecule has 1 N–H and O–H groups in total. The Bertz CT molecular complexity index is 907. The van der Waals surface area contributed by atoms with Gasteiger partial charge in [0.05, 0.1) is 30.9 Å². The first-order valence-corrected chi connectivity index (χ1v) is 10.1. The van der Waals surface area contributed by atoms with Crippen LogP contribution in [-0.4, -0.2) is 47.0 Å². The number of hydrogen-bond acceptors (Lipinski definition) is 4. The van der Waals surface area contributed by atoms with Gasteiger partial charge in [0.15, 0.2) is 11.6 Å². The number of carbonyl (C=O) groups excluding carboxylic acids is 1. The fraction of sp³-hybridized carbons (Fsp3) is 0.435. The van der Waals surface area contributed by atoms with Crippen LogP contribution < -0.4 is 0 Å². The summed E-state index contributed by atoms with van der Waals surface area (Å²) in [5, 5.41) is 11.2. The predicted molar refractivity (Wildman–Crippen MR) is 106 cm³/mol. The molecule has 2 aromatic carbocycles. The fourth-order valence-electron chi connectivity index (χ4n) is 4.49. The molecule has 2 bridgehead atoms. The Balaban J connectivity index is 1.46. The van der Waals surface area contributed by atoms with E-state index in [1.165, 1.54) is 19.1 Å². The molecular formula is C23H25F2NO4. The molecule has 2 aromatic rings. The number of rotatable bonds is 4. The zero-order valence-electron chi connectivity index (χ0n) is 16.8. The standard InChI is InChI=1S/C23H25F2NO4/c1-15-7-8-17(21(25)20(15)24)9-23(28)10-18-13-29-14-19(11-23)26(18)22(27)30-12-16-5-3-2-4-6-16/h2-8,18-19,28H,9-14H2,1H3. The second kappa shape index (κ2) is 8.32. The molecule has 0 saturated carbocycles. The van der Waals surface area contributed by atoms with Crippen LogP contribution >= 0.6 is 0 Å². The minimum Gasteiger partial charge on any atom is -0.445 e. The van der Waals surface area contributed by atoms with E-state index in [1.54, 1.807) is 4.90 Å². The highest BCUT2D eigenvalue weighted by Crippen LogP contribution is 2.37. The molecule has 0 aromatic heterocycles. The number of nitrogens with zero attached hydrogens (tertiary/aromatic N) is 1. The lowest BCUT2D eigenvalue weighted by atomic mass is 9.77. The van der Waals surface area contributed by atoms with Crippen molar-refractivity contribution in [1.82, 2.24) is 4.90 Å². The molecule has 0 spiro atoms. The number of fused-ring (bicyclic) bond motifs is 2. The van der Waals surface area contributed by atoms with Crippen LogP contribution in [-0.2, 0) is 22.5 Å². The minimum absolute atomic E-state index is 0.0179. The van der Waals surface area contributed by atoms with Crippen molar-refractivity contribution in [3.63, 3.8) is 0 Å². The monoisotopic (exact) mass is 417 g/mol. The summed E-state index contributed by atoms with van der Waals surface area (Å²) in [5.41, 5.74) is -0.000425. The third kappa shape index (κ3) is 4.18. The summed E-state index contributed by atoms with van der Waals surface area (Å²) in [6.45, 7) is 2.20. The van der Waals surface area contributed by atoms with Crippen LogP contribution in [0.1, 0.15) is 29.5 Å². The molecule has 2 unspecified atom stereocenters. The van der Waals surface area contributed by atoms with Crippen molar-refractivity contribution in [2.45, 2.75) is 50.5 Å². The lowest BCUT2D eigenvalue weighted by Crippen LogP contribution is -2.64. The van der Waals surface area contributed by atoms with Gasteiger partial charge < -0.3 is 14.6 Å². The SMILES string of the molecule is Cc1ccc(CC2(O)CC3COCC(C2)N3C(=O)OCc2ccccc2)c(F)c1F. The maximum absolute atomic E-state index is 14.3. The van der Waals surface area contributed by atoms with Crippen molar-refractivity contribution in [1.29, 1.82) is 0 Å². The van der Waals surface area contributed by atoms with Gasteiger partial charge in [0.25, 0.3) is 0 Å². The van der Waals surface area contributed by atoms with Crippen molar-refractivity contribution >= 4 is 6.09 Å². The Hall–Kier alpha value is -2.51. The van der Waals surface area contributed by atoms with Crippen molar-refractivity contribution in [2.24, 2.45) is 0 Å². The van der Waals surface area contributed by atoms with E-state index in [0.29, 0.717) is 0 Å². The number of aryl methyl sites for hydroxylation is 1. The number of carbonyl (C=O) groups is 1. The van der Waals surface area contributed by atoms with E-state index >= 15 is 0 Å². The molecule has 2 atom stereocenters. The highest BCUT2D eigenvalue weighted by molar-refractivity contribution is 5.69. The summed E-state index contributed by atoms with van der Waals surface area (Å²) in [6, 6.07) is 11.6. The number of piperidine rings is 1. The van der Waals surface area contributed by atoms with E-state index < -0.39 is 23.3 Å². The highest BCUT2D eigenvalue weighted by atomic mass is 19.2. The van der Waals surface area contributed by atoms with Gasteiger partial charge in [0.2, 0.25) is 0 Å². The van der Waals surface area contributed by atoms with Gasteiger partial charge in [-0.05, 0) is 36.5 Å². The average molecular weight is 417 g/mol. The second-order valence-electron chi connectivity index (χ2n) is 8.27. The van der Waals surface area contributed by atoms with Crippen LogP contribution in [0, 0.1) is 18.6 Å². The van der Waals surface area contributed by atoms with E-state index in [4.69, 9.17) is 9.47 Å². The van der Waals surface area contributed by atoms with E-state index in [1.807, 2.05) is 30.3 Å². The average Bonchev–Trinajstić information content (AvgIpc) is 2.72. The van der Waals surface area contributed by atoms with Gasteiger partial charge in [-0.3, -0.25) is 4.90 Å². The molecule has 2 fully saturated rings. The minimum atomic E-state index is -1.25. The van der Waals surface area contributed by atoms with Gasteiger partial charge in [0, 0.05) is 6.42 Å². The third-order valence-electron chi connectivity index (χ3n) is 5.93. The lowest BCUT2D eigenvalue weighted by molar-refractivity contribution is -0.133. The number of morpholine rings is 1. The van der Waals surface area contributed by atoms with Crippen molar-refractivity contribution < 1.29 is 28.2 Å². The molecule has 2 heterocycles. The summed E-state index contributed by atoms with van der Waals surface area (Å²) in [6.07, 6.45) is -0.0556. The quantitative estimate of drug-likeness (QED) is 0.823. The van der Waals surface area contributed by atoms with Crippen LogP contribution in [0.15, 0.2) is 42.5 Å². The Morgan fingerprint density at radius 3 is 2.47 bits per heavy atom. The maximum atomic E-state index is 14.3. The first-order chi connectivity index (χ1) is 14.4. The smallest absolute Gasteiger partial charge is 0.410 e. The van der Waals surface area contributed by atoms with Crippen molar-refractivity contribution in [2.75, 3.05) is 13.2 Å².